The SMILES string of the molecule is O=C(Nc1nc2cc(Cl)ccc2o1)n1ccnc1. The van der Waals surface area contributed by atoms with Gasteiger partial charge in [-0.1, -0.05) is 11.6 Å². The lowest BCUT2D eigenvalue weighted by Crippen LogP contribution is -2.17. The van der Waals surface area contributed by atoms with Gasteiger partial charge in [0.05, 0.1) is 0 Å². The molecule has 2 aromatic heterocycles. The average Bonchev–Trinajstić information content (AvgIpc) is 2.95. The number of amides is 1. The summed E-state index contributed by atoms with van der Waals surface area (Å²) in [6.45, 7) is 0. The largest absolute Gasteiger partial charge is 0.423 e. The normalized spacial score (nSPS) is 10.7. The zero-order chi connectivity index (χ0) is 12.5. The van der Waals surface area contributed by atoms with E-state index in [1.165, 1.54) is 23.3 Å². The number of carbonyl (C=O) groups is 1. The summed E-state index contributed by atoms with van der Waals surface area (Å²) in [5, 5.41) is 3.07. The monoisotopic (exact) mass is 262 g/mol. The van der Waals surface area contributed by atoms with Gasteiger partial charge in [0.25, 0.3) is 0 Å². The summed E-state index contributed by atoms with van der Waals surface area (Å²) in [4.78, 5) is 19.6. The Bertz CT molecular complexity index is 705. The number of carbonyl (C=O) groups excluding carboxylic acids is 1. The van der Waals surface area contributed by atoms with E-state index in [9.17, 15) is 4.79 Å². The van der Waals surface area contributed by atoms with Gasteiger partial charge in [0, 0.05) is 17.4 Å². The molecule has 0 aliphatic rings. The van der Waals surface area contributed by atoms with Crippen molar-refractivity contribution >= 4 is 34.7 Å². The van der Waals surface area contributed by atoms with Gasteiger partial charge in [0.15, 0.2) is 5.58 Å². The molecule has 0 atom stereocenters. The average molecular weight is 263 g/mol. The molecule has 2 heterocycles. The maximum atomic E-state index is 11.7. The van der Waals surface area contributed by atoms with Gasteiger partial charge < -0.3 is 4.42 Å². The molecule has 90 valence electrons. The third-order valence-corrected chi connectivity index (χ3v) is 2.54. The molecule has 6 nitrogen and oxygen atoms in total. The van der Waals surface area contributed by atoms with Crippen LogP contribution in [0.1, 0.15) is 0 Å². The fourth-order valence-corrected chi connectivity index (χ4v) is 1.66. The molecule has 3 rings (SSSR count). The Labute approximate surface area is 106 Å². The van der Waals surface area contributed by atoms with Crippen molar-refractivity contribution in [2.45, 2.75) is 0 Å². The highest BCUT2D eigenvalue weighted by molar-refractivity contribution is 6.31. The Kier molecular flexibility index (Phi) is 2.49. The van der Waals surface area contributed by atoms with Crippen LogP contribution in [0.5, 0.6) is 0 Å². The molecule has 7 heteroatoms. The summed E-state index contributed by atoms with van der Waals surface area (Å²) in [7, 11) is 0. The van der Waals surface area contributed by atoms with Crippen LogP contribution >= 0.6 is 11.6 Å². The Morgan fingerprint density at radius 2 is 2.33 bits per heavy atom. The fraction of sp³-hybridized carbons (Fsp3) is 0. The van der Waals surface area contributed by atoms with Gasteiger partial charge in [-0.2, -0.15) is 4.98 Å². The smallest absolute Gasteiger partial charge is 0.334 e. The standard InChI is InChI=1S/C11H7ClN4O2/c12-7-1-2-9-8(5-7)14-10(18-9)15-11(17)16-4-3-13-6-16/h1-6H,(H,14,15,17). The van der Waals surface area contributed by atoms with Crippen molar-refractivity contribution in [3.8, 4) is 0 Å². The number of nitrogens with zero attached hydrogens (tertiary/aromatic N) is 3. The first-order chi connectivity index (χ1) is 8.72. The molecule has 3 aromatic rings. The van der Waals surface area contributed by atoms with Gasteiger partial charge in [-0.3, -0.25) is 9.88 Å². The Hall–Kier alpha value is -2.34. The van der Waals surface area contributed by atoms with E-state index < -0.39 is 6.03 Å². The van der Waals surface area contributed by atoms with E-state index in [0.717, 1.165) is 0 Å². The van der Waals surface area contributed by atoms with Gasteiger partial charge in [0.1, 0.15) is 11.8 Å². The van der Waals surface area contributed by atoms with Crippen LogP contribution in [0, 0.1) is 0 Å². The van der Waals surface area contributed by atoms with Crippen molar-refractivity contribution < 1.29 is 9.21 Å². The molecule has 1 N–H and O–H groups in total. The molecule has 0 unspecified atom stereocenters. The molecule has 18 heavy (non-hydrogen) atoms. The molecule has 0 bridgehead atoms. The zero-order valence-corrected chi connectivity index (χ0v) is 9.76. The van der Waals surface area contributed by atoms with Crippen molar-refractivity contribution in [2.24, 2.45) is 0 Å². The Morgan fingerprint density at radius 3 is 3.11 bits per heavy atom. The third kappa shape index (κ3) is 1.93. The van der Waals surface area contributed by atoms with E-state index >= 15 is 0 Å². The number of oxazole rings is 1. The molecule has 1 aromatic carbocycles. The minimum Gasteiger partial charge on any atom is -0.423 e. The Balaban J connectivity index is 1.89. The molecule has 0 spiro atoms. The van der Waals surface area contributed by atoms with Crippen LogP contribution in [0.3, 0.4) is 0 Å². The molecule has 1 amide bonds. The number of hydrogen-bond donors (Lipinski definition) is 1. The van der Waals surface area contributed by atoms with E-state index in [0.29, 0.717) is 16.1 Å². The van der Waals surface area contributed by atoms with E-state index in [2.05, 4.69) is 15.3 Å². The summed E-state index contributed by atoms with van der Waals surface area (Å²) in [6.07, 6.45) is 4.41. The van der Waals surface area contributed by atoms with Crippen molar-refractivity contribution in [1.29, 1.82) is 0 Å². The van der Waals surface area contributed by atoms with Gasteiger partial charge in [-0.05, 0) is 18.2 Å². The minimum atomic E-state index is -0.398. The van der Waals surface area contributed by atoms with Crippen molar-refractivity contribution in [2.75, 3.05) is 5.32 Å². The number of benzene rings is 1. The predicted octanol–water partition coefficient (Wildman–Crippen LogP) is 2.76. The van der Waals surface area contributed by atoms with E-state index in [1.807, 2.05) is 0 Å². The number of nitrogens with one attached hydrogen (secondary N) is 1. The van der Waals surface area contributed by atoms with Crippen LogP contribution in [0.25, 0.3) is 11.1 Å². The van der Waals surface area contributed by atoms with Crippen LogP contribution in [0.15, 0.2) is 41.3 Å². The molecule has 0 fully saturated rings. The third-order valence-electron chi connectivity index (χ3n) is 2.30. The highest BCUT2D eigenvalue weighted by atomic mass is 35.5. The number of hydrogen-bond acceptors (Lipinski definition) is 4. The predicted molar refractivity (Wildman–Crippen MR) is 65.7 cm³/mol. The molecule has 0 radical (unpaired) electrons. The summed E-state index contributed by atoms with van der Waals surface area (Å²) in [6, 6.07) is 4.76. The lowest BCUT2D eigenvalue weighted by Gasteiger charge is -1.98. The van der Waals surface area contributed by atoms with Crippen molar-refractivity contribution in [3.05, 3.63) is 41.9 Å². The molecule has 0 saturated carbocycles. The van der Waals surface area contributed by atoms with E-state index in [-0.39, 0.29) is 6.01 Å². The van der Waals surface area contributed by atoms with E-state index in [1.54, 1.807) is 18.2 Å². The first kappa shape index (κ1) is 10.8. The maximum Gasteiger partial charge on any atom is 0.334 e. The summed E-state index contributed by atoms with van der Waals surface area (Å²) < 4.78 is 6.64. The van der Waals surface area contributed by atoms with Crippen LogP contribution in [-0.2, 0) is 0 Å². The first-order valence-electron chi connectivity index (χ1n) is 5.08. The van der Waals surface area contributed by atoms with Gasteiger partial charge in [-0.15, -0.1) is 0 Å². The Morgan fingerprint density at radius 1 is 1.44 bits per heavy atom. The second-order valence-electron chi connectivity index (χ2n) is 3.53. The zero-order valence-electron chi connectivity index (χ0n) is 9.00. The lowest BCUT2D eigenvalue weighted by molar-refractivity contribution is 0.253. The van der Waals surface area contributed by atoms with Crippen molar-refractivity contribution in [1.82, 2.24) is 14.5 Å². The highest BCUT2D eigenvalue weighted by Crippen LogP contribution is 2.22. The number of halogens is 1. The van der Waals surface area contributed by atoms with Gasteiger partial charge in [0.2, 0.25) is 0 Å². The van der Waals surface area contributed by atoms with Gasteiger partial charge >= 0.3 is 12.0 Å². The number of imidazole rings is 1. The minimum absolute atomic E-state index is 0.117. The van der Waals surface area contributed by atoms with Gasteiger partial charge in [-0.25, -0.2) is 9.78 Å². The fourth-order valence-electron chi connectivity index (χ4n) is 1.49. The quantitative estimate of drug-likeness (QED) is 0.732. The summed E-state index contributed by atoms with van der Waals surface area (Å²) in [5.41, 5.74) is 1.14. The number of rotatable bonds is 1. The molecule has 0 aliphatic heterocycles. The van der Waals surface area contributed by atoms with E-state index in [4.69, 9.17) is 16.0 Å². The van der Waals surface area contributed by atoms with Crippen LogP contribution < -0.4 is 5.32 Å². The van der Waals surface area contributed by atoms with Crippen molar-refractivity contribution in [3.63, 3.8) is 0 Å². The topological polar surface area (TPSA) is 73.0 Å². The molecule has 0 aliphatic carbocycles. The molecular weight excluding hydrogens is 256 g/mol. The second-order valence-corrected chi connectivity index (χ2v) is 3.97. The number of anilines is 1. The maximum absolute atomic E-state index is 11.7. The highest BCUT2D eigenvalue weighted by Gasteiger charge is 2.10. The summed E-state index contributed by atoms with van der Waals surface area (Å²) in [5.74, 6) is 0. The first-order valence-corrected chi connectivity index (χ1v) is 5.45. The lowest BCUT2D eigenvalue weighted by atomic mass is 10.3. The van der Waals surface area contributed by atoms with Crippen LogP contribution in [0.2, 0.25) is 5.02 Å². The molecular formula is C11H7ClN4O2. The second kappa shape index (κ2) is 4.15. The summed E-state index contributed by atoms with van der Waals surface area (Å²) >= 11 is 5.83. The van der Waals surface area contributed by atoms with Crippen LogP contribution in [-0.4, -0.2) is 20.6 Å². The van der Waals surface area contributed by atoms with Crippen LogP contribution in [0.4, 0.5) is 10.8 Å². The number of aromatic nitrogens is 3. The number of fused-ring (bicyclic) bond motifs is 1. The molecule has 0 saturated heterocycles.